The van der Waals surface area contributed by atoms with Crippen LogP contribution in [0.15, 0.2) is 30.5 Å². The molecule has 26 heavy (non-hydrogen) atoms. The molecular weight excluding hydrogens is 326 g/mol. The quantitative estimate of drug-likeness (QED) is 0.723. The predicted octanol–water partition coefficient (Wildman–Crippen LogP) is 2.77. The van der Waals surface area contributed by atoms with Gasteiger partial charge in [0.2, 0.25) is 0 Å². The van der Waals surface area contributed by atoms with Crippen molar-refractivity contribution in [3.63, 3.8) is 0 Å². The fourth-order valence-electron chi connectivity index (χ4n) is 5.02. The topological polar surface area (TPSA) is 74.0 Å². The Bertz CT molecular complexity index is 812. The summed E-state index contributed by atoms with van der Waals surface area (Å²) < 4.78 is 0. The molecule has 1 heterocycles. The van der Waals surface area contributed by atoms with Crippen molar-refractivity contribution >= 4 is 22.7 Å². The summed E-state index contributed by atoms with van der Waals surface area (Å²) in [6.45, 7) is 2.50. The van der Waals surface area contributed by atoms with Crippen LogP contribution in [0.3, 0.4) is 0 Å². The first-order valence-corrected chi connectivity index (χ1v) is 9.75. The number of carbonyl (C=O) groups is 2. The van der Waals surface area contributed by atoms with Crippen LogP contribution < -0.4 is 10.6 Å². The molecule has 2 fully saturated rings. The number of benzene rings is 1. The van der Waals surface area contributed by atoms with Crippen LogP contribution in [0, 0.1) is 17.8 Å². The fraction of sp³-hybridized carbons (Fsp3) is 0.524. The van der Waals surface area contributed by atoms with Gasteiger partial charge in [-0.1, -0.05) is 24.6 Å². The minimum absolute atomic E-state index is 0.0807. The number of hydrogen-bond donors (Lipinski definition) is 3. The molecule has 4 rings (SSSR count). The van der Waals surface area contributed by atoms with Crippen molar-refractivity contribution in [2.24, 2.45) is 17.8 Å². The molecule has 4 unspecified atom stereocenters. The third-order valence-electron chi connectivity index (χ3n) is 6.35. The standard InChI is InChI=1S/C21H27N3O2/c1-13(18-11-14-6-7-15(18)10-14)24-21(26)20(25)22-9-8-16-12-23-19-5-3-2-4-17(16)19/h2-5,12-15,18,23H,6-11H2,1H3,(H,22,25)(H,24,26). The number of H-pyrrole nitrogens is 1. The average Bonchev–Trinajstić information content (AvgIpc) is 3.37. The summed E-state index contributed by atoms with van der Waals surface area (Å²) in [5.74, 6) is 1.09. The molecule has 3 N–H and O–H groups in total. The van der Waals surface area contributed by atoms with E-state index in [2.05, 4.69) is 21.7 Å². The molecule has 2 amide bonds. The summed E-state index contributed by atoms with van der Waals surface area (Å²) in [4.78, 5) is 27.5. The lowest BCUT2D eigenvalue weighted by Crippen LogP contribution is -2.47. The molecule has 0 saturated heterocycles. The van der Waals surface area contributed by atoms with Crippen LogP contribution in [0.25, 0.3) is 10.9 Å². The monoisotopic (exact) mass is 353 g/mol. The molecule has 0 spiro atoms. The second kappa shape index (κ2) is 7.14. The Kier molecular flexibility index (Phi) is 4.70. The Balaban J connectivity index is 1.25. The van der Waals surface area contributed by atoms with E-state index in [1.54, 1.807) is 0 Å². The minimum Gasteiger partial charge on any atom is -0.361 e. The molecule has 2 aromatic rings. The van der Waals surface area contributed by atoms with Gasteiger partial charge in [0.15, 0.2) is 0 Å². The molecular formula is C21H27N3O2. The predicted molar refractivity (Wildman–Crippen MR) is 102 cm³/mol. The highest BCUT2D eigenvalue weighted by Gasteiger charge is 2.42. The van der Waals surface area contributed by atoms with Crippen LogP contribution in [0.5, 0.6) is 0 Å². The third kappa shape index (κ3) is 3.35. The van der Waals surface area contributed by atoms with Gasteiger partial charge in [-0.15, -0.1) is 0 Å². The maximum atomic E-state index is 12.2. The summed E-state index contributed by atoms with van der Waals surface area (Å²) in [7, 11) is 0. The number of rotatable bonds is 5. The van der Waals surface area contributed by atoms with Gasteiger partial charge in [-0.25, -0.2) is 0 Å². The van der Waals surface area contributed by atoms with Gasteiger partial charge < -0.3 is 15.6 Å². The molecule has 4 atom stereocenters. The highest BCUT2D eigenvalue weighted by molar-refractivity contribution is 6.35. The number of aromatic amines is 1. The van der Waals surface area contributed by atoms with E-state index in [4.69, 9.17) is 0 Å². The van der Waals surface area contributed by atoms with Gasteiger partial charge in [0, 0.05) is 29.7 Å². The highest BCUT2D eigenvalue weighted by Crippen LogP contribution is 2.49. The normalized spacial score (nSPS) is 25.3. The molecule has 1 aromatic carbocycles. The molecule has 2 saturated carbocycles. The van der Waals surface area contributed by atoms with E-state index in [-0.39, 0.29) is 6.04 Å². The number of para-hydroxylation sites is 1. The van der Waals surface area contributed by atoms with Crippen molar-refractivity contribution in [1.29, 1.82) is 0 Å². The van der Waals surface area contributed by atoms with Crippen molar-refractivity contribution in [2.75, 3.05) is 6.54 Å². The van der Waals surface area contributed by atoms with E-state index < -0.39 is 11.8 Å². The van der Waals surface area contributed by atoms with Crippen molar-refractivity contribution < 1.29 is 9.59 Å². The summed E-state index contributed by atoms with van der Waals surface area (Å²) in [5.41, 5.74) is 2.24. The number of fused-ring (bicyclic) bond motifs is 3. The lowest BCUT2D eigenvalue weighted by molar-refractivity contribution is -0.139. The molecule has 138 valence electrons. The Labute approximate surface area is 153 Å². The number of nitrogens with one attached hydrogen (secondary N) is 3. The van der Waals surface area contributed by atoms with Crippen LogP contribution in [0.1, 0.15) is 38.2 Å². The van der Waals surface area contributed by atoms with Gasteiger partial charge in [0.05, 0.1) is 0 Å². The zero-order chi connectivity index (χ0) is 18.1. The second-order valence-corrected chi connectivity index (χ2v) is 7.97. The second-order valence-electron chi connectivity index (χ2n) is 7.97. The Morgan fingerprint density at radius 2 is 2.04 bits per heavy atom. The van der Waals surface area contributed by atoms with Gasteiger partial charge in [0.1, 0.15) is 0 Å². The molecule has 2 aliphatic rings. The van der Waals surface area contributed by atoms with E-state index in [9.17, 15) is 9.59 Å². The Morgan fingerprint density at radius 1 is 1.19 bits per heavy atom. The van der Waals surface area contributed by atoms with Crippen LogP contribution >= 0.6 is 0 Å². The number of amides is 2. The molecule has 2 bridgehead atoms. The van der Waals surface area contributed by atoms with E-state index >= 15 is 0 Å². The maximum absolute atomic E-state index is 12.2. The van der Waals surface area contributed by atoms with Gasteiger partial charge in [-0.05, 0) is 62.0 Å². The van der Waals surface area contributed by atoms with Gasteiger partial charge in [-0.3, -0.25) is 9.59 Å². The van der Waals surface area contributed by atoms with Crippen molar-refractivity contribution in [2.45, 2.75) is 45.1 Å². The summed E-state index contributed by atoms with van der Waals surface area (Å²) in [6, 6.07) is 8.17. The molecule has 5 heteroatoms. The average molecular weight is 353 g/mol. The van der Waals surface area contributed by atoms with E-state index in [0.29, 0.717) is 18.9 Å². The molecule has 5 nitrogen and oxygen atoms in total. The summed E-state index contributed by atoms with van der Waals surface area (Å²) in [5, 5.41) is 6.84. The summed E-state index contributed by atoms with van der Waals surface area (Å²) >= 11 is 0. The van der Waals surface area contributed by atoms with Gasteiger partial charge in [-0.2, -0.15) is 0 Å². The third-order valence-corrected chi connectivity index (χ3v) is 6.35. The van der Waals surface area contributed by atoms with Crippen molar-refractivity contribution in [3.05, 3.63) is 36.0 Å². The van der Waals surface area contributed by atoms with Crippen molar-refractivity contribution in [3.8, 4) is 0 Å². The lowest BCUT2D eigenvalue weighted by atomic mass is 9.84. The highest BCUT2D eigenvalue weighted by atomic mass is 16.2. The number of carbonyl (C=O) groups excluding carboxylic acids is 2. The van der Waals surface area contributed by atoms with Gasteiger partial charge in [0.25, 0.3) is 0 Å². The van der Waals surface area contributed by atoms with Crippen LogP contribution in [0.2, 0.25) is 0 Å². The van der Waals surface area contributed by atoms with Crippen molar-refractivity contribution in [1.82, 2.24) is 15.6 Å². The van der Waals surface area contributed by atoms with Crippen LogP contribution in [-0.4, -0.2) is 29.4 Å². The van der Waals surface area contributed by atoms with E-state index in [0.717, 1.165) is 28.3 Å². The number of hydrogen-bond acceptors (Lipinski definition) is 2. The first kappa shape index (κ1) is 17.1. The first-order valence-electron chi connectivity index (χ1n) is 9.75. The van der Waals surface area contributed by atoms with E-state index in [1.807, 2.05) is 31.3 Å². The zero-order valence-electron chi connectivity index (χ0n) is 15.3. The fourth-order valence-corrected chi connectivity index (χ4v) is 5.02. The largest absolute Gasteiger partial charge is 0.361 e. The Morgan fingerprint density at radius 3 is 2.81 bits per heavy atom. The zero-order valence-corrected chi connectivity index (χ0v) is 15.3. The van der Waals surface area contributed by atoms with Crippen LogP contribution in [0.4, 0.5) is 0 Å². The van der Waals surface area contributed by atoms with Crippen LogP contribution in [-0.2, 0) is 16.0 Å². The smallest absolute Gasteiger partial charge is 0.309 e. The molecule has 2 aliphatic carbocycles. The first-order chi connectivity index (χ1) is 12.6. The lowest BCUT2D eigenvalue weighted by Gasteiger charge is -2.28. The Hall–Kier alpha value is -2.30. The minimum atomic E-state index is -0.528. The maximum Gasteiger partial charge on any atom is 0.309 e. The molecule has 0 radical (unpaired) electrons. The van der Waals surface area contributed by atoms with E-state index in [1.165, 1.54) is 25.7 Å². The molecule has 0 aliphatic heterocycles. The summed E-state index contributed by atoms with van der Waals surface area (Å²) in [6.07, 6.45) is 7.80. The molecule has 1 aromatic heterocycles. The van der Waals surface area contributed by atoms with Gasteiger partial charge >= 0.3 is 11.8 Å². The number of aromatic nitrogens is 1. The SMILES string of the molecule is CC(NC(=O)C(=O)NCCc1c[nH]c2ccccc12)C1CC2CCC1C2.